The van der Waals surface area contributed by atoms with Crippen LogP contribution in [-0.2, 0) is 27.3 Å². The summed E-state index contributed by atoms with van der Waals surface area (Å²) in [5, 5.41) is 7.44. The van der Waals surface area contributed by atoms with Crippen molar-refractivity contribution in [1.29, 1.82) is 0 Å². The van der Waals surface area contributed by atoms with Crippen LogP contribution in [0.5, 0.6) is 0 Å². The number of rotatable bonds is 7. The molecule has 1 aliphatic rings. The van der Waals surface area contributed by atoms with E-state index < -0.39 is 0 Å². The molecule has 6 nitrogen and oxygen atoms in total. The van der Waals surface area contributed by atoms with E-state index >= 15 is 0 Å². The number of aromatic nitrogens is 1. The normalized spacial score (nSPS) is 20.2. The lowest BCUT2D eigenvalue weighted by atomic mass is 10.1. The molecule has 0 saturated carbocycles. The van der Waals surface area contributed by atoms with E-state index in [-0.39, 0.29) is 24.5 Å². The van der Waals surface area contributed by atoms with Crippen LogP contribution in [0.2, 0.25) is 0 Å². The Balaban J connectivity index is 1.43. The van der Waals surface area contributed by atoms with E-state index in [0.717, 1.165) is 24.2 Å². The van der Waals surface area contributed by atoms with Gasteiger partial charge in [0, 0.05) is 26.1 Å². The van der Waals surface area contributed by atoms with Gasteiger partial charge < -0.3 is 19.3 Å². The SMILES string of the molecule is CO[C@@H]1CN[C@H](c2cc(CCC(=O)OCc3ccccc3)on2)C1. The molecule has 1 saturated heterocycles. The van der Waals surface area contributed by atoms with Crippen LogP contribution in [0.3, 0.4) is 0 Å². The van der Waals surface area contributed by atoms with Crippen LogP contribution in [0.15, 0.2) is 40.9 Å². The summed E-state index contributed by atoms with van der Waals surface area (Å²) < 4.78 is 15.9. The number of aryl methyl sites for hydroxylation is 1. The molecule has 2 atom stereocenters. The fourth-order valence-corrected chi connectivity index (χ4v) is 2.75. The summed E-state index contributed by atoms with van der Waals surface area (Å²) in [7, 11) is 1.71. The largest absolute Gasteiger partial charge is 0.461 e. The predicted molar refractivity (Wildman–Crippen MR) is 87.2 cm³/mol. The zero-order valence-corrected chi connectivity index (χ0v) is 13.7. The Morgan fingerprint density at radius 1 is 1.38 bits per heavy atom. The number of ether oxygens (including phenoxy) is 2. The van der Waals surface area contributed by atoms with Crippen molar-refractivity contribution >= 4 is 5.97 Å². The highest BCUT2D eigenvalue weighted by Crippen LogP contribution is 2.24. The van der Waals surface area contributed by atoms with Crippen LogP contribution >= 0.6 is 0 Å². The molecular formula is C18H22N2O4. The Hall–Kier alpha value is -2.18. The molecule has 0 spiro atoms. The lowest BCUT2D eigenvalue weighted by Crippen LogP contribution is -2.16. The maximum absolute atomic E-state index is 11.8. The Morgan fingerprint density at radius 2 is 2.21 bits per heavy atom. The maximum atomic E-state index is 11.8. The fourth-order valence-electron chi connectivity index (χ4n) is 2.75. The summed E-state index contributed by atoms with van der Waals surface area (Å²) in [5.74, 6) is 0.458. The van der Waals surface area contributed by atoms with Gasteiger partial charge in [0.15, 0.2) is 0 Å². The number of methoxy groups -OCH3 is 1. The Kier molecular flexibility index (Phi) is 5.61. The highest BCUT2D eigenvalue weighted by molar-refractivity contribution is 5.69. The fraction of sp³-hybridized carbons (Fsp3) is 0.444. The highest BCUT2D eigenvalue weighted by Gasteiger charge is 2.27. The van der Waals surface area contributed by atoms with Crippen molar-refractivity contribution in [2.75, 3.05) is 13.7 Å². The molecule has 2 heterocycles. The number of carbonyl (C=O) groups excluding carboxylic acids is 1. The molecule has 6 heteroatoms. The molecule has 2 aromatic rings. The Labute approximate surface area is 141 Å². The molecule has 128 valence electrons. The third kappa shape index (κ3) is 4.43. The quantitative estimate of drug-likeness (QED) is 0.786. The van der Waals surface area contributed by atoms with Crippen molar-refractivity contribution < 1.29 is 18.8 Å². The first-order valence-corrected chi connectivity index (χ1v) is 8.16. The van der Waals surface area contributed by atoms with E-state index in [9.17, 15) is 4.79 Å². The van der Waals surface area contributed by atoms with E-state index in [1.807, 2.05) is 36.4 Å². The van der Waals surface area contributed by atoms with E-state index in [1.54, 1.807) is 7.11 Å². The highest BCUT2D eigenvalue weighted by atomic mass is 16.5. The van der Waals surface area contributed by atoms with Gasteiger partial charge in [-0.25, -0.2) is 0 Å². The second-order valence-corrected chi connectivity index (χ2v) is 5.92. The first-order chi connectivity index (χ1) is 11.7. The molecule has 1 aromatic carbocycles. The van der Waals surface area contributed by atoms with E-state index in [2.05, 4.69) is 10.5 Å². The van der Waals surface area contributed by atoms with Gasteiger partial charge in [-0.3, -0.25) is 4.79 Å². The van der Waals surface area contributed by atoms with Gasteiger partial charge in [-0.2, -0.15) is 0 Å². The van der Waals surface area contributed by atoms with E-state index in [4.69, 9.17) is 14.0 Å². The molecule has 0 aliphatic carbocycles. The van der Waals surface area contributed by atoms with Crippen LogP contribution in [0, 0.1) is 0 Å². The molecule has 0 bridgehead atoms. The lowest BCUT2D eigenvalue weighted by molar-refractivity contribution is -0.145. The standard InChI is InChI=1S/C18H22N2O4/c1-22-15-10-16(19-11-15)17-9-14(24-20-17)7-8-18(21)23-12-13-5-3-2-4-6-13/h2-6,9,15-16,19H,7-8,10-12H2,1H3/t15-,16-/m0/s1. The molecule has 24 heavy (non-hydrogen) atoms. The first kappa shape index (κ1) is 16.7. The van der Waals surface area contributed by atoms with Crippen molar-refractivity contribution in [3.05, 3.63) is 53.4 Å². The molecule has 3 rings (SSSR count). The number of esters is 1. The van der Waals surface area contributed by atoms with Crippen LogP contribution in [0.1, 0.15) is 35.9 Å². The number of nitrogens with one attached hydrogen (secondary N) is 1. The number of benzene rings is 1. The second kappa shape index (κ2) is 8.08. The molecule has 0 amide bonds. The van der Waals surface area contributed by atoms with Crippen LogP contribution in [0.4, 0.5) is 0 Å². The van der Waals surface area contributed by atoms with Crippen LogP contribution < -0.4 is 5.32 Å². The van der Waals surface area contributed by atoms with Gasteiger partial charge in [0.25, 0.3) is 0 Å². The second-order valence-electron chi connectivity index (χ2n) is 5.92. The number of nitrogens with zero attached hydrogens (tertiary/aromatic N) is 1. The molecule has 1 N–H and O–H groups in total. The summed E-state index contributed by atoms with van der Waals surface area (Å²) >= 11 is 0. The topological polar surface area (TPSA) is 73.6 Å². The lowest BCUT2D eigenvalue weighted by Gasteiger charge is -2.05. The van der Waals surface area contributed by atoms with Gasteiger partial charge in [-0.1, -0.05) is 35.5 Å². The summed E-state index contributed by atoms with van der Waals surface area (Å²) in [5.41, 5.74) is 1.84. The van der Waals surface area contributed by atoms with Crippen molar-refractivity contribution in [1.82, 2.24) is 10.5 Å². The maximum Gasteiger partial charge on any atom is 0.306 e. The molecule has 0 radical (unpaired) electrons. The molecule has 1 aromatic heterocycles. The number of hydrogen-bond donors (Lipinski definition) is 1. The van der Waals surface area contributed by atoms with Gasteiger partial charge in [0.05, 0.1) is 18.6 Å². The third-order valence-electron chi connectivity index (χ3n) is 4.18. The molecule has 1 fully saturated rings. The average Bonchev–Trinajstić information content (AvgIpc) is 3.28. The zero-order valence-electron chi connectivity index (χ0n) is 13.7. The van der Waals surface area contributed by atoms with Crippen LogP contribution in [-0.4, -0.2) is 30.9 Å². The van der Waals surface area contributed by atoms with Crippen molar-refractivity contribution in [3.8, 4) is 0 Å². The summed E-state index contributed by atoms with van der Waals surface area (Å²) in [6.45, 7) is 1.11. The van der Waals surface area contributed by atoms with Crippen molar-refractivity contribution in [3.63, 3.8) is 0 Å². The van der Waals surface area contributed by atoms with Crippen molar-refractivity contribution in [2.24, 2.45) is 0 Å². The monoisotopic (exact) mass is 330 g/mol. The Morgan fingerprint density at radius 3 is 2.96 bits per heavy atom. The molecular weight excluding hydrogens is 308 g/mol. The van der Waals surface area contributed by atoms with Gasteiger partial charge in [0.2, 0.25) is 0 Å². The minimum absolute atomic E-state index is 0.150. The summed E-state index contributed by atoms with van der Waals surface area (Å²) in [4.78, 5) is 11.8. The minimum atomic E-state index is -0.241. The smallest absolute Gasteiger partial charge is 0.306 e. The van der Waals surface area contributed by atoms with Crippen LogP contribution in [0.25, 0.3) is 0 Å². The van der Waals surface area contributed by atoms with Gasteiger partial charge in [-0.05, 0) is 12.0 Å². The van der Waals surface area contributed by atoms with Gasteiger partial charge in [-0.15, -0.1) is 0 Å². The first-order valence-electron chi connectivity index (χ1n) is 8.16. The van der Waals surface area contributed by atoms with Crippen molar-refractivity contribution in [2.45, 2.75) is 38.0 Å². The van der Waals surface area contributed by atoms with E-state index in [0.29, 0.717) is 18.8 Å². The third-order valence-corrected chi connectivity index (χ3v) is 4.18. The summed E-state index contributed by atoms with van der Waals surface area (Å²) in [6, 6.07) is 11.7. The average molecular weight is 330 g/mol. The van der Waals surface area contributed by atoms with Gasteiger partial charge in [0.1, 0.15) is 18.1 Å². The van der Waals surface area contributed by atoms with Gasteiger partial charge >= 0.3 is 5.97 Å². The predicted octanol–water partition coefficient (Wildman–Crippen LogP) is 2.40. The Bertz CT molecular complexity index is 656. The summed E-state index contributed by atoms with van der Waals surface area (Å²) in [6.07, 6.45) is 1.85. The number of hydrogen-bond acceptors (Lipinski definition) is 6. The van der Waals surface area contributed by atoms with E-state index in [1.165, 1.54) is 0 Å². The molecule has 0 unspecified atom stereocenters. The molecule has 1 aliphatic heterocycles. The number of carbonyl (C=O) groups is 1. The minimum Gasteiger partial charge on any atom is -0.461 e. The zero-order chi connectivity index (χ0) is 16.8.